The van der Waals surface area contributed by atoms with Crippen LogP contribution < -0.4 is 10.6 Å². The van der Waals surface area contributed by atoms with E-state index in [2.05, 4.69) is 9.97 Å². The molecule has 0 amide bonds. The number of carbonyl (C=O) groups excluding carboxylic acids is 1. The fraction of sp³-hybridized carbons (Fsp3) is 0.500. The number of hydrogen-bond donors (Lipinski definition) is 3. The van der Waals surface area contributed by atoms with Crippen molar-refractivity contribution in [2.75, 3.05) is 12.3 Å². The molecule has 0 spiro atoms. The molecule has 23 heavy (non-hydrogen) atoms. The van der Waals surface area contributed by atoms with E-state index < -0.39 is 35.4 Å². The smallest absolute Gasteiger partial charge is 0.311 e. The zero-order valence-electron chi connectivity index (χ0n) is 11.9. The number of aliphatic hydroxyl groups excluding tert-OH is 2. The van der Waals surface area contributed by atoms with Crippen LogP contribution in [-0.4, -0.2) is 55.6 Å². The van der Waals surface area contributed by atoms with Gasteiger partial charge >= 0.3 is 10.8 Å². The first-order valence-corrected chi connectivity index (χ1v) is 7.48. The number of ether oxygens (including phenoxy) is 2. The summed E-state index contributed by atoms with van der Waals surface area (Å²) >= 11 is 0.866. The Balaban J connectivity index is 1.95. The maximum absolute atomic E-state index is 12.2. The van der Waals surface area contributed by atoms with Crippen molar-refractivity contribution in [3.8, 4) is 0 Å². The highest BCUT2D eigenvalue weighted by molar-refractivity contribution is 7.16. The van der Waals surface area contributed by atoms with Gasteiger partial charge < -0.3 is 25.4 Å². The van der Waals surface area contributed by atoms with Crippen molar-refractivity contribution in [3.05, 3.63) is 15.9 Å². The minimum Gasteiger partial charge on any atom is -0.463 e. The first-order valence-electron chi connectivity index (χ1n) is 6.67. The molecule has 0 saturated carbocycles. The summed E-state index contributed by atoms with van der Waals surface area (Å²) in [5.74, 6) is -0.578. The zero-order chi connectivity index (χ0) is 16.7. The van der Waals surface area contributed by atoms with Crippen LogP contribution in [0.15, 0.2) is 11.0 Å². The number of rotatable bonds is 3. The summed E-state index contributed by atoms with van der Waals surface area (Å²) in [6.45, 7) is 0.976. The molecule has 124 valence electrons. The van der Waals surface area contributed by atoms with Gasteiger partial charge in [0, 0.05) is 6.92 Å². The zero-order valence-corrected chi connectivity index (χ0v) is 12.8. The van der Waals surface area contributed by atoms with Crippen LogP contribution in [0.4, 0.5) is 5.95 Å². The molecule has 3 rings (SSSR count). The predicted molar refractivity (Wildman–Crippen MR) is 78.6 cm³/mol. The fourth-order valence-electron chi connectivity index (χ4n) is 2.35. The van der Waals surface area contributed by atoms with Gasteiger partial charge in [0.1, 0.15) is 24.9 Å². The molecule has 0 unspecified atom stereocenters. The molecule has 3 heterocycles. The third kappa shape index (κ3) is 2.79. The Bertz CT molecular complexity index is 804. The summed E-state index contributed by atoms with van der Waals surface area (Å²) in [6, 6.07) is 0. The second-order valence-electron chi connectivity index (χ2n) is 5.00. The maximum Gasteiger partial charge on any atom is 0.311 e. The lowest BCUT2D eigenvalue weighted by Gasteiger charge is -2.15. The quantitative estimate of drug-likeness (QED) is 0.573. The van der Waals surface area contributed by atoms with Gasteiger partial charge in [0.25, 0.3) is 0 Å². The Morgan fingerprint density at radius 3 is 2.96 bits per heavy atom. The van der Waals surface area contributed by atoms with Crippen molar-refractivity contribution >= 4 is 33.6 Å². The van der Waals surface area contributed by atoms with Gasteiger partial charge in [-0.15, -0.1) is 0 Å². The van der Waals surface area contributed by atoms with Gasteiger partial charge in [0.15, 0.2) is 11.9 Å². The topological polar surface area (TPSA) is 150 Å². The third-order valence-corrected chi connectivity index (χ3v) is 4.30. The largest absolute Gasteiger partial charge is 0.463 e. The number of thiazole rings is 1. The van der Waals surface area contributed by atoms with Gasteiger partial charge in [0.05, 0.1) is 10.9 Å². The van der Waals surface area contributed by atoms with E-state index in [4.69, 9.17) is 15.2 Å². The number of hydrogen-bond acceptors (Lipinski definition) is 10. The van der Waals surface area contributed by atoms with Crippen molar-refractivity contribution in [3.63, 3.8) is 0 Å². The van der Waals surface area contributed by atoms with E-state index in [9.17, 15) is 19.8 Å². The second kappa shape index (κ2) is 5.85. The van der Waals surface area contributed by atoms with E-state index in [0.717, 1.165) is 15.9 Å². The number of nitrogens with zero attached hydrogens (tertiary/aromatic N) is 3. The third-order valence-electron chi connectivity index (χ3n) is 3.42. The average molecular weight is 342 g/mol. The van der Waals surface area contributed by atoms with Crippen molar-refractivity contribution in [2.45, 2.75) is 31.5 Å². The average Bonchev–Trinajstić information content (AvgIpc) is 2.94. The normalized spacial score (nSPS) is 27.4. The van der Waals surface area contributed by atoms with Crippen LogP contribution in [0.2, 0.25) is 0 Å². The molecular formula is C12H14N4O6S. The second-order valence-corrected chi connectivity index (χ2v) is 6.00. The number of nitrogen functional groups attached to an aromatic ring is 1. The van der Waals surface area contributed by atoms with Crippen LogP contribution in [0.25, 0.3) is 10.3 Å². The Morgan fingerprint density at radius 2 is 2.26 bits per heavy atom. The highest BCUT2D eigenvalue weighted by Crippen LogP contribution is 2.31. The molecule has 2 aromatic rings. The molecule has 1 fully saturated rings. The van der Waals surface area contributed by atoms with Crippen LogP contribution >= 0.6 is 11.3 Å². The lowest BCUT2D eigenvalue weighted by atomic mass is 10.1. The molecule has 1 aliphatic heterocycles. The molecule has 0 radical (unpaired) electrons. The number of anilines is 1. The Morgan fingerprint density at radius 1 is 1.52 bits per heavy atom. The lowest BCUT2D eigenvalue weighted by molar-refractivity contribution is -0.147. The molecular weight excluding hydrogens is 328 g/mol. The minimum atomic E-state index is -1.39. The summed E-state index contributed by atoms with van der Waals surface area (Å²) in [7, 11) is 0. The maximum atomic E-state index is 12.2. The first-order chi connectivity index (χ1) is 10.9. The lowest BCUT2D eigenvalue weighted by Crippen LogP contribution is -2.35. The van der Waals surface area contributed by atoms with Gasteiger partial charge in [-0.3, -0.25) is 14.2 Å². The highest BCUT2D eigenvalue weighted by Gasteiger charge is 2.45. The molecule has 11 heteroatoms. The van der Waals surface area contributed by atoms with Crippen LogP contribution in [0.3, 0.4) is 0 Å². The van der Waals surface area contributed by atoms with Gasteiger partial charge in [-0.05, 0) is 0 Å². The summed E-state index contributed by atoms with van der Waals surface area (Å²) < 4.78 is 11.9. The van der Waals surface area contributed by atoms with Crippen LogP contribution in [-0.2, 0) is 14.3 Å². The van der Waals surface area contributed by atoms with Crippen molar-refractivity contribution in [1.82, 2.24) is 14.5 Å². The molecule has 1 aliphatic rings. The van der Waals surface area contributed by atoms with Crippen LogP contribution in [0, 0.1) is 0 Å². The van der Waals surface area contributed by atoms with Crippen LogP contribution in [0.5, 0.6) is 0 Å². The summed E-state index contributed by atoms with van der Waals surface area (Å²) in [6.07, 6.45) is -3.43. The van der Waals surface area contributed by atoms with E-state index in [1.54, 1.807) is 0 Å². The molecule has 2 aromatic heterocycles. The first kappa shape index (κ1) is 15.8. The summed E-state index contributed by atoms with van der Waals surface area (Å²) in [5, 5.41) is 20.2. The predicted octanol–water partition coefficient (Wildman–Crippen LogP) is -1.38. The number of esters is 1. The van der Waals surface area contributed by atoms with E-state index in [1.807, 2.05) is 0 Å². The Kier molecular flexibility index (Phi) is 4.02. The molecule has 0 aliphatic carbocycles. The Hall–Kier alpha value is -2.08. The summed E-state index contributed by atoms with van der Waals surface area (Å²) in [5.41, 5.74) is 5.73. The molecule has 0 aromatic carbocycles. The minimum absolute atomic E-state index is 0.0338. The van der Waals surface area contributed by atoms with Gasteiger partial charge in [-0.1, -0.05) is 11.3 Å². The fourth-order valence-corrected chi connectivity index (χ4v) is 3.17. The SMILES string of the molecule is CC(=O)OC[C@H]1O[C@@H](n2c(=O)sc3cnc(N)nc32)[C@H](O)[C@@H]1O. The van der Waals surface area contributed by atoms with E-state index in [0.29, 0.717) is 4.70 Å². The molecule has 4 N–H and O–H groups in total. The van der Waals surface area contributed by atoms with Crippen LogP contribution in [0.1, 0.15) is 13.2 Å². The van der Waals surface area contributed by atoms with E-state index >= 15 is 0 Å². The monoisotopic (exact) mass is 342 g/mol. The Labute approximate surface area is 133 Å². The summed E-state index contributed by atoms with van der Waals surface area (Å²) in [4.78, 5) is 30.4. The number of carbonyl (C=O) groups is 1. The molecule has 1 saturated heterocycles. The number of aromatic nitrogens is 3. The molecule has 4 atom stereocenters. The standard InChI is InChI=1S/C12H14N4O6S/c1-4(17)21-3-5-7(18)8(19)10(22-5)16-9-6(23-12(16)20)2-14-11(13)15-9/h2,5,7-8,10,18-19H,3H2,1H3,(H2,13,14,15)/t5-,7-,8-,10-/m1/s1. The van der Waals surface area contributed by atoms with E-state index in [-0.39, 0.29) is 18.2 Å². The van der Waals surface area contributed by atoms with Gasteiger partial charge in [-0.2, -0.15) is 4.98 Å². The highest BCUT2D eigenvalue weighted by atomic mass is 32.1. The van der Waals surface area contributed by atoms with Crippen molar-refractivity contribution < 1.29 is 24.5 Å². The number of aliphatic hydroxyl groups is 2. The van der Waals surface area contributed by atoms with E-state index in [1.165, 1.54) is 13.1 Å². The van der Waals surface area contributed by atoms with Crippen molar-refractivity contribution in [1.29, 1.82) is 0 Å². The number of nitrogens with two attached hydrogens (primary N) is 1. The van der Waals surface area contributed by atoms with Crippen molar-refractivity contribution in [2.24, 2.45) is 0 Å². The van der Waals surface area contributed by atoms with Gasteiger partial charge in [0.2, 0.25) is 5.95 Å². The molecule has 10 nitrogen and oxygen atoms in total. The van der Waals surface area contributed by atoms with Gasteiger partial charge in [-0.25, -0.2) is 4.98 Å². The molecule has 0 bridgehead atoms. The number of fused-ring (bicyclic) bond motifs is 1.